The molecule has 0 aliphatic rings. The van der Waals surface area contributed by atoms with Gasteiger partial charge in [0.15, 0.2) is 5.82 Å². The van der Waals surface area contributed by atoms with Crippen molar-refractivity contribution in [2.75, 3.05) is 5.32 Å². The van der Waals surface area contributed by atoms with E-state index < -0.39 is 17.7 Å². The summed E-state index contributed by atoms with van der Waals surface area (Å²) >= 11 is 5.78. The zero-order valence-corrected chi connectivity index (χ0v) is 11.2. The van der Waals surface area contributed by atoms with Crippen molar-refractivity contribution in [3.63, 3.8) is 0 Å². The first-order chi connectivity index (χ1) is 9.38. The molecule has 0 bridgehead atoms. The molecule has 20 heavy (non-hydrogen) atoms. The normalized spacial score (nSPS) is 12.2. The molecule has 0 aromatic heterocycles. The van der Waals surface area contributed by atoms with Gasteiger partial charge in [0.2, 0.25) is 0 Å². The SMILES string of the molecule is CC(Nc1c(F)cc(F)cc1Cl)c1cc(O)ccc1O. The Balaban J connectivity index is 2.32. The first-order valence-corrected chi connectivity index (χ1v) is 6.19. The van der Waals surface area contributed by atoms with E-state index in [9.17, 15) is 19.0 Å². The van der Waals surface area contributed by atoms with Crippen molar-refractivity contribution in [3.8, 4) is 11.5 Å². The molecule has 3 nitrogen and oxygen atoms in total. The standard InChI is InChI=1S/C14H12ClF2NO2/c1-7(10-6-9(19)2-3-13(10)20)18-14-11(15)4-8(16)5-12(14)17/h2-7,18-20H,1H3. The molecule has 1 unspecified atom stereocenters. The van der Waals surface area contributed by atoms with Crippen LogP contribution in [0.3, 0.4) is 0 Å². The summed E-state index contributed by atoms with van der Waals surface area (Å²) in [7, 11) is 0. The highest BCUT2D eigenvalue weighted by Crippen LogP contribution is 2.33. The van der Waals surface area contributed by atoms with Crippen molar-refractivity contribution in [2.24, 2.45) is 0 Å². The van der Waals surface area contributed by atoms with Gasteiger partial charge in [0.05, 0.1) is 16.8 Å². The summed E-state index contributed by atoms with van der Waals surface area (Å²) in [6.07, 6.45) is 0. The summed E-state index contributed by atoms with van der Waals surface area (Å²) in [4.78, 5) is 0. The highest BCUT2D eigenvalue weighted by atomic mass is 35.5. The molecule has 1 atom stereocenters. The summed E-state index contributed by atoms with van der Waals surface area (Å²) in [5.74, 6) is -1.69. The van der Waals surface area contributed by atoms with E-state index in [0.29, 0.717) is 11.6 Å². The molecule has 0 aliphatic carbocycles. The summed E-state index contributed by atoms with van der Waals surface area (Å²) in [5.41, 5.74) is 0.299. The fourth-order valence-electron chi connectivity index (χ4n) is 1.86. The molecule has 106 valence electrons. The average molecular weight is 300 g/mol. The van der Waals surface area contributed by atoms with Gasteiger partial charge in [-0.25, -0.2) is 8.78 Å². The van der Waals surface area contributed by atoms with Gasteiger partial charge in [-0.1, -0.05) is 11.6 Å². The van der Waals surface area contributed by atoms with E-state index in [4.69, 9.17) is 11.6 Å². The highest BCUT2D eigenvalue weighted by molar-refractivity contribution is 6.33. The van der Waals surface area contributed by atoms with Crippen LogP contribution in [0.1, 0.15) is 18.5 Å². The third-order valence-corrected chi connectivity index (χ3v) is 3.14. The number of halogens is 3. The van der Waals surface area contributed by atoms with E-state index >= 15 is 0 Å². The Kier molecular flexibility index (Phi) is 3.99. The van der Waals surface area contributed by atoms with Crippen LogP contribution in [0.2, 0.25) is 5.02 Å². The van der Waals surface area contributed by atoms with Gasteiger partial charge in [-0.15, -0.1) is 0 Å². The van der Waals surface area contributed by atoms with Crippen LogP contribution in [-0.4, -0.2) is 10.2 Å². The lowest BCUT2D eigenvalue weighted by atomic mass is 10.1. The van der Waals surface area contributed by atoms with Crippen molar-refractivity contribution < 1.29 is 19.0 Å². The van der Waals surface area contributed by atoms with E-state index in [1.165, 1.54) is 18.2 Å². The number of nitrogens with one attached hydrogen (secondary N) is 1. The monoisotopic (exact) mass is 299 g/mol. The van der Waals surface area contributed by atoms with Crippen LogP contribution in [-0.2, 0) is 0 Å². The molecule has 0 fully saturated rings. The van der Waals surface area contributed by atoms with Crippen LogP contribution in [0.25, 0.3) is 0 Å². The molecule has 0 heterocycles. The van der Waals surface area contributed by atoms with Crippen LogP contribution in [0.5, 0.6) is 11.5 Å². The molecule has 2 aromatic rings. The number of phenolic OH excluding ortho intramolecular Hbond substituents is 2. The van der Waals surface area contributed by atoms with Gasteiger partial charge in [-0.2, -0.15) is 0 Å². The van der Waals surface area contributed by atoms with Crippen LogP contribution in [0, 0.1) is 11.6 Å². The lowest BCUT2D eigenvalue weighted by Gasteiger charge is -2.18. The van der Waals surface area contributed by atoms with Crippen LogP contribution < -0.4 is 5.32 Å². The van der Waals surface area contributed by atoms with Crippen molar-refractivity contribution in [2.45, 2.75) is 13.0 Å². The van der Waals surface area contributed by atoms with Crippen molar-refractivity contribution in [1.29, 1.82) is 0 Å². The predicted octanol–water partition coefficient (Wildman–Crippen LogP) is 4.20. The van der Waals surface area contributed by atoms with Gasteiger partial charge in [0, 0.05) is 11.6 Å². The molecule has 3 N–H and O–H groups in total. The topological polar surface area (TPSA) is 52.5 Å². The van der Waals surface area contributed by atoms with E-state index in [1.807, 2.05) is 0 Å². The van der Waals surface area contributed by atoms with E-state index in [0.717, 1.165) is 6.07 Å². The van der Waals surface area contributed by atoms with Gasteiger partial charge in [-0.05, 0) is 31.2 Å². The molecule has 0 spiro atoms. The highest BCUT2D eigenvalue weighted by Gasteiger charge is 2.16. The van der Waals surface area contributed by atoms with Gasteiger partial charge < -0.3 is 15.5 Å². The molecule has 0 amide bonds. The summed E-state index contributed by atoms with van der Waals surface area (Å²) < 4.78 is 26.6. The van der Waals surface area contributed by atoms with E-state index in [1.54, 1.807) is 6.92 Å². The molecule has 2 rings (SSSR count). The maximum Gasteiger partial charge on any atom is 0.150 e. The molecule has 0 saturated heterocycles. The van der Waals surface area contributed by atoms with E-state index in [-0.39, 0.29) is 22.2 Å². The largest absolute Gasteiger partial charge is 0.508 e. The second-order valence-corrected chi connectivity index (χ2v) is 4.76. The fourth-order valence-corrected chi connectivity index (χ4v) is 2.11. The number of hydrogen-bond acceptors (Lipinski definition) is 3. The Morgan fingerprint density at radius 1 is 1.15 bits per heavy atom. The Morgan fingerprint density at radius 2 is 1.85 bits per heavy atom. The van der Waals surface area contributed by atoms with Gasteiger partial charge >= 0.3 is 0 Å². The zero-order chi connectivity index (χ0) is 14.9. The third-order valence-electron chi connectivity index (χ3n) is 2.85. The maximum absolute atomic E-state index is 13.7. The second-order valence-electron chi connectivity index (χ2n) is 4.35. The fraction of sp³-hybridized carbons (Fsp3) is 0.143. The summed E-state index contributed by atoms with van der Waals surface area (Å²) in [6.45, 7) is 1.65. The summed E-state index contributed by atoms with van der Waals surface area (Å²) in [5, 5.41) is 21.8. The number of aromatic hydroxyl groups is 2. The lowest BCUT2D eigenvalue weighted by molar-refractivity contribution is 0.451. The quantitative estimate of drug-likeness (QED) is 0.744. The van der Waals surface area contributed by atoms with E-state index in [2.05, 4.69) is 5.32 Å². The molecular weight excluding hydrogens is 288 g/mol. The minimum Gasteiger partial charge on any atom is -0.508 e. The molecule has 0 saturated carbocycles. The second kappa shape index (κ2) is 5.54. The number of anilines is 1. The minimum absolute atomic E-state index is 0.0304. The maximum atomic E-state index is 13.7. The minimum atomic E-state index is -0.832. The summed E-state index contributed by atoms with van der Waals surface area (Å²) in [6, 6.07) is 5.16. The predicted molar refractivity (Wildman–Crippen MR) is 73.2 cm³/mol. The van der Waals surface area contributed by atoms with Gasteiger partial charge in [0.1, 0.15) is 17.3 Å². The zero-order valence-electron chi connectivity index (χ0n) is 10.5. The molecule has 0 aliphatic heterocycles. The van der Waals surface area contributed by atoms with Crippen molar-refractivity contribution in [1.82, 2.24) is 0 Å². The van der Waals surface area contributed by atoms with Gasteiger partial charge in [-0.3, -0.25) is 0 Å². The first kappa shape index (κ1) is 14.4. The lowest BCUT2D eigenvalue weighted by Crippen LogP contribution is -2.09. The van der Waals surface area contributed by atoms with Crippen molar-refractivity contribution >= 4 is 17.3 Å². The first-order valence-electron chi connectivity index (χ1n) is 5.81. The molecule has 0 radical (unpaired) electrons. The van der Waals surface area contributed by atoms with Crippen LogP contribution >= 0.6 is 11.6 Å². The number of benzene rings is 2. The van der Waals surface area contributed by atoms with Crippen molar-refractivity contribution in [3.05, 3.63) is 52.6 Å². The third kappa shape index (κ3) is 2.93. The Labute approximate surface area is 119 Å². The molecule has 2 aromatic carbocycles. The Bertz CT molecular complexity index is 626. The number of hydrogen-bond donors (Lipinski definition) is 3. The average Bonchev–Trinajstić information content (AvgIpc) is 2.36. The van der Waals surface area contributed by atoms with Gasteiger partial charge in [0.25, 0.3) is 0 Å². The molecule has 6 heteroatoms. The Morgan fingerprint density at radius 3 is 2.50 bits per heavy atom. The smallest absolute Gasteiger partial charge is 0.150 e. The number of phenols is 2. The van der Waals surface area contributed by atoms with Crippen LogP contribution in [0.4, 0.5) is 14.5 Å². The molecular formula is C14H12ClF2NO2. The number of rotatable bonds is 3. The van der Waals surface area contributed by atoms with Crippen LogP contribution in [0.15, 0.2) is 30.3 Å². The Hall–Kier alpha value is -2.01.